The van der Waals surface area contributed by atoms with Gasteiger partial charge in [0.1, 0.15) is 0 Å². The van der Waals surface area contributed by atoms with Crippen molar-refractivity contribution in [2.24, 2.45) is 5.92 Å². The average Bonchev–Trinajstić information content (AvgIpc) is 2.86. The van der Waals surface area contributed by atoms with Crippen molar-refractivity contribution in [1.29, 1.82) is 0 Å². The molecule has 1 amide bonds. The summed E-state index contributed by atoms with van der Waals surface area (Å²) in [6, 6.07) is 7.54. The minimum Gasteiger partial charge on any atom is -0.399 e. The van der Waals surface area contributed by atoms with E-state index in [4.69, 9.17) is 5.73 Å². The minimum atomic E-state index is 0.229. The first kappa shape index (κ1) is 12.0. The highest BCUT2D eigenvalue weighted by atomic mass is 16.2. The van der Waals surface area contributed by atoms with Crippen molar-refractivity contribution < 1.29 is 4.79 Å². The van der Waals surface area contributed by atoms with E-state index in [9.17, 15) is 4.79 Å². The Balaban J connectivity index is 2.14. The molecule has 3 heteroatoms. The second kappa shape index (κ2) is 5.21. The number of nitrogen functional groups attached to an aromatic ring is 1. The summed E-state index contributed by atoms with van der Waals surface area (Å²) in [5.41, 5.74) is 7.35. The minimum absolute atomic E-state index is 0.229. The summed E-state index contributed by atoms with van der Waals surface area (Å²) in [6.45, 7) is 2.74. The number of nitrogens with zero attached hydrogens (tertiary/aromatic N) is 1. The molecule has 0 aromatic heterocycles. The number of carbonyl (C=O) groups is 1. The molecule has 17 heavy (non-hydrogen) atoms. The van der Waals surface area contributed by atoms with E-state index in [0.717, 1.165) is 30.8 Å². The maximum Gasteiger partial charge on any atom is 0.230 e. The predicted molar refractivity (Wildman–Crippen MR) is 70.8 cm³/mol. The lowest BCUT2D eigenvalue weighted by molar-refractivity contribution is -0.122. The molecule has 1 aromatic carbocycles. The lowest BCUT2D eigenvalue weighted by Gasteiger charge is -2.24. The third-order valence-electron chi connectivity index (χ3n) is 3.49. The van der Waals surface area contributed by atoms with Gasteiger partial charge in [-0.05, 0) is 44.0 Å². The normalized spacial score (nSPS) is 16.1. The maximum absolute atomic E-state index is 12.4. The zero-order valence-corrected chi connectivity index (χ0v) is 10.4. The highest BCUT2D eigenvalue weighted by Crippen LogP contribution is 2.28. The Morgan fingerprint density at radius 1 is 1.29 bits per heavy atom. The first-order valence-corrected chi connectivity index (χ1v) is 6.39. The number of rotatable bonds is 3. The van der Waals surface area contributed by atoms with Crippen molar-refractivity contribution in [3.63, 3.8) is 0 Å². The number of benzene rings is 1. The van der Waals surface area contributed by atoms with Crippen molar-refractivity contribution >= 4 is 17.3 Å². The van der Waals surface area contributed by atoms with Gasteiger partial charge in [0, 0.05) is 23.8 Å². The predicted octanol–water partition coefficient (Wildman–Crippen LogP) is 2.81. The number of amides is 1. The second-order valence-corrected chi connectivity index (χ2v) is 4.66. The van der Waals surface area contributed by atoms with E-state index in [1.54, 1.807) is 0 Å². The molecule has 0 bridgehead atoms. The van der Waals surface area contributed by atoms with E-state index >= 15 is 0 Å². The molecule has 0 saturated heterocycles. The Hall–Kier alpha value is -1.51. The Labute approximate surface area is 103 Å². The lowest BCUT2D eigenvalue weighted by Crippen LogP contribution is -2.35. The molecule has 1 aliphatic rings. The first-order chi connectivity index (χ1) is 8.22. The van der Waals surface area contributed by atoms with Crippen molar-refractivity contribution in [3.8, 4) is 0 Å². The van der Waals surface area contributed by atoms with Gasteiger partial charge >= 0.3 is 0 Å². The summed E-state index contributed by atoms with van der Waals surface area (Å²) in [6.07, 6.45) is 4.47. The van der Waals surface area contributed by atoms with Crippen LogP contribution in [0.3, 0.4) is 0 Å². The van der Waals surface area contributed by atoms with Crippen molar-refractivity contribution in [3.05, 3.63) is 24.3 Å². The molecular formula is C14H20N2O. The lowest BCUT2D eigenvalue weighted by atomic mass is 10.1. The fourth-order valence-corrected chi connectivity index (χ4v) is 2.51. The molecule has 0 aliphatic heterocycles. The quantitative estimate of drug-likeness (QED) is 0.814. The van der Waals surface area contributed by atoms with Gasteiger partial charge in [0.15, 0.2) is 0 Å². The Morgan fingerprint density at radius 3 is 2.41 bits per heavy atom. The van der Waals surface area contributed by atoms with Crippen LogP contribution in [0.15, 0.2) is 24.3 Å². The molecule has 0 spiro atoms. The van der Waals surface area contributed by atoms with Crippen LogP contribution in [0.4, 0.5) is 11.4 Å². The van der Waals surface area contributed by atoms with Crippen LogP contribution in [0, 0.1) is 5.92 Å². The van der Waals surface area contributed by atoms with E-state index in [1.165, 1.54) is 12.8 Å². The number of carbonyl (C=O) groups excluding carboxylic acids is 1. The molecule has 0 radical (unpaired) electrons. The third kappa shape index (κ3) is 2.60. The summed E-state index contributed by atoms with van der Waals surface area (Å²) in [5.74, 6) is 0.502. The van der Waals surface area contributed by atoms with Gasteiger partial charge in [-0.2, -0.15) is 0 Å². The first-order valence-electron chi connectivity index (χ1n) is 6.39. The topological polar surface area (TPSA) is 46.3 Å². The highest BCUT2D eigenvalue weighted by molar-refractivity contribution is 5.95. The summed E-state index contributed by atoms with van der Waals surface area (Å²) < 4.78 is 0. The van der Waals surface area contributed by atoms with Crippen LogP contribution < -0.4 is 10.6 Å². The maximum atomic E-state index is 12.4. The van der Waals surface area contributed by atoms with Crippen LogP contribution in [0.25, 0.3) is 0 Å². The molecule has 0 heterocycles. The van der Waals surface area contributed by atoms with E-state index < -0.39 is 0 Å². The Morgan fingerprint density at radius 2 is 1.88 bits per heavy atom. The monoisotopic (exact) mass is 232 g/mol. The Bertz CT molecular complexity index is 380. The fourth-order valence-electron chi connectivity index (χ4n) is 2.51. The summed E-state index contributed by atoms with van der Waals surface area (Å²) in [5, 5.41) is 0. The average molecular weight is 232 g/mol. The fraction of sp³-hybridized carbons (Fsp3) is 0.500. The molecule has 2 rings (SSSR count). The number of hydrogen-bond donors (Lipinski definition) is 1. The van der Waals surface area contributed by atoms with Crippen molar-refractivity contribution in [2.45, 2.75) is 32.6 Å². The second-order valence-electron chi connectivity index (χ2n) is 4.66. The van der Waals surface area contributed by atoms with Gasteiger partial charge in [0.2, 0.25) is 5.91 Å². The van der Waals surface area contributed by atoms with Crippen LogP contribution in [0.2, 0.25) is 0 Å². The summed E-state index contributed by atoms with van der Waals surface area (Å²) in [7, 11) is 0. The molecule has 1 aromatic rings. The molecule has 92 valence electrons. The van der Waals surface area contributed by atoms with Gasteiger partial charge in [-0.1, -0.05) is 12.8 Å². The molecule has 3 nitrogen and oxygen atoms in total. The van der Waals surface area contributed by atoms with E-state index in [-0.39, 0.29) is 11.8 Å². The molecule has 0 unspecified atom stereocenters. The van der Waals surface area contributed by atoms with Crippen LogP contribution in [0.1, 0.15) is 32.6 Å². The third-order valence-corrected chi connectivity index (χ3v) is 3.49. The summed E-state index contributed by atoms with van der Waals surface area (Å²) >= 11 is 0. The van der Waals surface area contributed by atoms with Crippen LogP contribution in [0.5, 0.6) is 0 Å². The molecule has 1 aliphatic carbocycles. The van der Waals surface area contributed by atoms with Gasteiger partial charge in [-0.25, -0.2) is 0 Å². The number of anilines is 2. The van der Waals surface area contributed by atoms with Crippen LogP contribution in [-0.2, 0) is 4.79 Å². The van der Waals surface area contributed by atoms with E-state index in [1.807, 2.05) is 36.1 Å². The van der Waals surface area contributed by atoms with Crippen LogP contribution in [-0.4, -0.2) is 12.5 Å². The summed E-state index contributed by atoms with van der Waals surface area (Å²) in [4.78, 5) is 14.2. The molecule has 1 fully saturated rings. The highest BCUT2D eigenvalue weighted by Gasteiger charge is 2.27. The molecule has 1 saturated carbocycles. The van der Waals surface area contributed by atoms with Gasteiger partial charge in [-0.15, -0.1) is 0 Å². The van der Waals surface area contributed by atoms with Crippen LogP contribution >= 0.6 is 0 Å². The van der Waals surface area contributed by atoms with Gasteiger partial charge in [0.05, 0.1) is 0 Å². The largest absolute Gasteiger partial charge is 0.399 e. The molecular weight excluding hydrogens is 212 g/mol. The Kier molecular flexibility index (Phi) is 3.67. The zero-order valence-electron chi connectivity index (χ0n) is 10.4. The smallest absolute Gasteiger partial charge is 0.230 e. The molecule has 2 N–H and O–H groups in total. The van der Waals surface area contributed by atoms with Gasteiger partial charge < -0.3 is 10.6 Å². The van der Waals surface area contributed by atoms with Crippen molar-refractivity contribution in [2.75, 3.05) is 17.2 Å². The van der Waals surface area contributed by atoms with Gasteiger partial charge in [0.25, 0.3) is 0 Å². The van der Waals surface area contributed by atoms with Gasteiger partial charge in [-0.3, -0.25) is 4.79 Å². The SMILES string of the molecule is CCN(C(=O)C1CCCC1)c1ccc(N)cc1. The van der Waals surface area contributed by atoms with E-state index in [2.05, 4.69) is 0 Å². The molecule has 0 atom stereocenters. The van der Waals surface area contributed by atoms with Crippen molar-refractivity contribution in [1.82, 2.24) is 0 Å². The zero-order chi connectivity index (χ0) is 12.3. The van der Waals surface area contributed by atoms with E-state index in [0.29, 0.717) is 0 Å². The number of hydrogen-bond acceptors (Lipinski definition) is 2. The number of nitrogens with two attached hydrogens (primary N) is 1. The standard InChI is InChI=1S/C14H20N2O/c1-2-16(13-9-7-12(15)8-10-13)14(17)11-5-3-4-6-11/h7-11H,2-6,15H2,1H3.